The number of halogens is 2. The number of Topliss-reactive ketones (excluding diaryl/α,β-unsaturated/α-hetero) is 1. The zero-order chi connectivity index (χ0) is 11.8. The van der Waals surface area contributed by atoms with E-state index in [1.807, 2.05) is 30.3 Å². The minimum absolute atomic E-state index is 0.00424. The van der Waals surface area contributed by atoms with Crippen LogP contribution in [0.2, 0.25) is 0 Å². The number of carbonyl (C=O) groups excluding carboxylic acids is 1. The molecule has 1 aliphatic heterocycles. The Labute approximate surface area is 111 Å². The average Bonchev–Trinajstić information content (AvgIpc) is 3.00. The van der Waals surface area contributed by atoms with Gasteiger partial charge < -0.3 is 4.74 Å². The summed E-state index contributed by atoms with van der Waals surface area (Å²) in [5.74, 6) is -0.00424. The molecule has 0 amide bonds. The fourth-order valence-electron chi connectivity index (χ4n) is 1.26. The fraction of sp³-hybridized carbons (Fsp3) is 0.250. The first kappa shape index (κ1) is 12.0. The van der Waals surface area contributed by atoms with E-state index >= 15 is 0 Å². The molecule has 1 saturated heterocycles. The molecule has 1 aromatic carbocycles. The van der Waals surface area contributed by atoms with Gasteiger partial charge in [0.1, 0.15) is 0 Å². The van der Waals surface area contributed by atoms with Crippen molar-refractivity contribution in [3.63, 3.8) is 0 Å². The van der Waals surface area contributed by atoms with Crippen molar-refractivity contribution < 1.29 is 9.53 Å². The van der Waals surface area contributed by atoms with E-state index < -0.39 is 5.60 Å². The Morgan fingerprint density at radius 3 is 2.50 bits per heavy atom. The van der Waals surface area contributed by atoms with E-state index in [0.717, 1.165) is 10.0 Å². The Balaban J connectivity index is 2.17. The van der Waals surface area contributed by atoms with Gasteiger partial charge in [0.15, 0.2) is 5.60 Å². The Hall–Kier alpha value is -0.450. The van der Waals surface area contributed by atoms with Crippen molar-refractivity contribution in [3.8, 4) is 0 Å². The number of hydrogen-bond acceptors (Lipinski definition) is 2. The number of benzene rings is 1. The predicted octanol–water partition coefficient (Wildman–Crippen LogP) is 3.54. The molecule has 1 atom stereocenters. The Morgan fingerprint density at radius 1 is 1.44 bits per heavy atom. The number of ketones is 1. The summed E-state index contributed by atoms with van der Waals surface area (Å²) < 4.78 is 6.68. The molecule has 1 unspecified atom stereocenters. The van der Waals surface area contributed by atoms with Crippen LogP contribution < -0.4 is 0 Å². The van der Waals surface area contributed by atoms with Gasteiger partial charge in [-0.1, -0.05) is 28.1 Å². The monoisotopic (exact) mass is 344 g/mol. The summed E-state index contributed by atoms with van der Waals surface area (Å²) in [6.07, 6.45) is 1.81. The molecule has 1 fully saturated rings. The quantitative estimate of drug-likeness (QED) is 0.619. The number of epoxide rings is 1. The van der Waals surface area contributed by atoms with Gasteiger partial charge in [-0.3, -0.25) is 4.79 Å². The fourth-order valence-corrected chi connectivity index (χ4v) is 2.21. The molecule has 0 spiro atoms. The smallest absolute Gasteiger partial charge is 0.203 e. The second-order valence-electron chi connectivity index (χ2n) is 3.89. The van der Waals surface area contributed by atoms with Gasteiger partial charge in [0.2, 0.25) is 5.78 Å². The topological polar surface area (TPSA) is 29.6 Å². The number of rotatable bonds is 3. The molecule has 1 heterocycles. The SMILES string of the molecule is CC1(C(=O)C(Br)=Cc2ccc(Br)cc2)CO1. The molecule has 0 aromatic heterocycles. The molecule has 1 aromatic rings. The number of ether oxygens (including phenoxy) is 1. The third-order valence-electron chi connectivity index (χ3n) is 2.44. The van der Waals surface area contributed by atoms with Crippen LogP contribution in [0.5, 0.6) is 0 Å². The Kier molecular flexibility index (Phi) is 3.33. The maximum absolute atomic E-state index is 11.8. The lowest BCUT2D eigenvalue weighted by atomic mass is 10.1. The van der Waals surface area contributed by atoms with Crippen LogP contribution in [0, 0.1) is 0 Å². The predicted molar refractivity (Wildman–Crippen MR) is 70.4 cm³/mol. The molecule has 4 heteroatoms. The first-order valence-corrected chi connectivity index (χ1v) is 6.41. The molecule has 0 N–H and O–H groups in total. The summed E-state index contributed by atoms with van der Waals surface area (Å²) in [6.45, 7) is 2.31. The van der Waals surface area contributed by atoms with Crippen molar-refractivity contribution >= 4 is 43.7 Å². The molecule has 2 rings (SSSR count). The molecular formula is C12H10Br2O2. The summed E-state index contributed by atoms with van der Waals surface area (Å²) in [5, 5.41) is 0. The van der Waals surface area contributed by atoms with Crippen LogP contribution in [-0.2, 0) is 9.53 Å². The summed E-state index contributed by atoms with van der Waals surface area (Å²) >= 11 is 6.66. The van der Waals surface area contributed by atoms with Crippen molar-refractivity contribution in [2.24, 2.45) is 0 Å². The van der Waals surface area contributed by atoms with Gasteiger partial charge in [0, 0.05) is 4.47 Å². The highest BCUT2D eigenvalue weighted by Gasteiger charge is 2.47. The average molecular weight is 346 g/mol. The highest BCUT2D eigenvalue weighted by molar-refractivity contribution is 9.12. The van der Waals surface area contributed by atoms with Crippen molar-refractivity contribution in [1.29, 1.82) is 0 Å². The minimum Gasteiger partial charge on any atom is -0.361 e. The van der Waals surface area contributed by atoms with Crippen LogP contribution in [0.15, 0.2) is 33.2 Å². The zero-order valence-electron chi connectivity index (χ0n) is 8.67. The first-order valence-electron chi connectivity index (χ1n) is 4.83. The van der Waals surface area contributed by atoms with Crippen LogP contribution in [0.4, 0.5) is 0 Å². The van der Waals surface area contributed by atoms with Crippen molar-refractivity contribution in [3.05, 3.63) is 38.8 Å². The second-order valence-corrected chi connectivity index (χ2v) is 5.66. The summed E-state index contributed by atoms with van der Waals surface area (Å²) in [7, 11) is 0. The largest absolute Gasteiger partial charge is 0.361 e. The van der Waals surface area contributed by atoms with Gasteiger partial charge in [0.25, 0.3) is 0 Å². The van der Waals surface area contributed by atoms with Gasteiger partial charge in [-0.05, 0) is 46.6 Å². The van der Waals surface area contributed by atoms with E-state index in [0.29, 0.717) is 11.1 Å². The van der Waals surface area contributed by atoms with E-state index in [1.165, 1.54) is 0 Å². The van der Waals surface area contributed by atoms with E-state index in [1.54, 1.807) is 6.92 Å². The standard InChI is InChI=1S/C12H10Br2O2/c1-12(7-16-12)11(15)10(14)6-8-2-4-9(13)5-3-8/h2-6H,7H2,1H3. The van der Waals surface area contributed by atoms with E-state index in [4.69, 9.17) is 4.74 Å². The third-order valence-corrected chi connectivity index (χ3v) is 3.56. The Bertz CT molecular complexity index is 445. The third kappa shape index (κ3) is 2.62. The highest BCUT2D eigenvalue weighted by atomic mass is 79.9. The van der Waals surface area contributed by atoms with Gasteiger partial charge in [-0.25, -0.2) is 0 Å². The van der Waals surface area contributed by atoms with Gasteiger partial charge in [-0.15, -0.1) is 0 Å². The minimum atomic E-state index is -0.606. The van der Waals surface area contributed by atoms with Gasteiger partial charge >= 0.3 is 0 Å². The highest BCUT2D eigenvalue weighted by Crippen LogP contribution is 2.32. The molecule has 2 nitrogen and oxygen atoms in total. The van der Waals surface area contributed by atoms with Gasteiger partial charge in [0.05, 0.1) is 11.1 Å². The van der Waals surface area contributed by atoms with Crippen LogP contribution >= 0.6 is 31.9 Å². The van der Waals surface area contributed by atoms with Crippen LogP contribution in [0.3, 0.4) is 0 Å². The second kappa shape index (κ2) is 4.43. The van der Waals surface area contributed by atoms with E-state index in [2.05, 4.69) is 31.9 Å². The molecule has 84 valence electrons. The normalized spacial score (nSPS) is 24.3. The lowest BCUT2D eigenvalue weighted by Crippen LogP contribution is -2.19. The molecule has 0 saturated carbocycles. The lowest BCUT2D eigenvalue weighted by Gasteiger charge is -2.03. The molecular weight excluding hydrogens is 336 g/mol. The van der Waals surface area contributed by atoms with Gasteiger partial charge in [-0.2, -0.15) is 0 Å². The molecule has 0 aliphatic carbocycles. The van der Waals surface area contributed by atoms with Crippen LogP contribution in [0.25, 0.3) is 6.08 Å². The summed E-state index contributed by atoms with van der Waals surface area (Å²) in [6, 6.07) is 7.75. The maximum atomic E-state index is 11.8. The van der Waals surface area contributed by atoms with E-state index in [9.17, 15) is 4.79 Å². The maximum Gasteiger partial charge on any atom is 0.203 e. The molecule has 1 aliphatic rings. The first-order chi connectivity index (χ1) is 7.51. The zero-order valence-corrected chi connectivity index (χ0v) is 11.8. The van der Waals surface area contributed by atoms with E-state index in [-0.39, 0.29) is 5.78 Å². The van der Waals surface area contributed by atoms with Crippen molar-refractivity contribution in [2.75, 3.05) is 6.61 Å². The molecule has 0 bridgehead atoms. The molecule has 16 heavy (non-hydrogen) atoms. The molecule has 0 radical (unpaired) electrons. The summed E-state index contributed by atoms with van der Waals surface area (Å²) in [4.78, 5) is 11.8. The van der Waals surface area contributed by atoms with Crippen LogP contribution in [-0.4, -0.2) is 18.0 Å². The lowest BCUT2D eigenvalue weighted by molar-refractivity contribution is -0.119. The van der Waals surface area contributed by atoms with Crippen molar-refractivity contribution in [2.45, 2.75) is 12.5 Å². The number of hydrogen-bond donors (Lipinski definition) is 0. The number of carbonyl (C=O) groups is 1. The van der Waals surface area contributed by atoms with Crippen LogP contribution in [0.1, 0.15) is 12.5 Å². The Morgan fingerprint density at radius 2 is 2.00 bits per heavy atom. The van der Waals surface area contributed by atoms with Crippen molar-refractivity contribution in [1.82, 2.24) is 0 Å². The summed E-state index contributed by atoms with van der Waals surface area (Å²) in [5.41, 5.74) is 0.373.